The average Bonchev–Trinajstić information content (AvgIpc) is 2.95. The van der Waals surface area contributed by atoms with Crippen molar-refractivity contribution in [1.29, 1.82) is 0 Å². The van der Waals surface area contributed by atoms with Crippen LogP contribution in [0.25, 0.3) is 0 Å². The third kappa shape index (κ3) is 4.94. The summed E-state index contributed by atoms with van der Waals surface area (Å²) >= 11 is 0. The van der Waals surface area contributed by atoms with E-state index in [1.54, 1.807) is 0 Å². The minimum Gasteiger partial charge on any atom is -0.469 e. The molecule has 1 atom stereocenters. The van der Waals surface area contributed by atoms with Crippen molar-refractivity contribution in [1.82, 2.24) is 0 Å². The molecule has 1 aliphatic rings. The minimum absolute atomic E-state index is 0.0176. The Balaban J connectivity index is 2.52. The first-order valence-corrected chi connectivity index (χ1v) is 8.17. The van der Waals surface area contributed by atoms with Gasteiger partial charge in [-0.1, -0.05) is 13.3 Å². The van der Waals surface area contributed by atoms with Gasteiger partial charge in [0, 0.05) is 6.04 Å². The number of carbonyl (C=O) groups is 1. The van der Waals surface area contributed by atoms with Crippen LogP contribution >= 0.6 is 0 Å². The van der Waals surface area contributed by atoms with Gasteiger partial charge >= 0.3 is 5.97 Å². The summed E-state index contributed by atoms with van der Waals surface area (Å²) in [5.74, 6) is -0.253. The molecule has 5 nitrogen and oxygen atoms in total. The quantitative estimate of drug-likeness (QED) is 0.665. The fourth-order valence-corrected chi connectivity index (χ4v) is 4.49. The number of nitrogens with two attached hydrogens (primary N) is 1. The predicted octanol–water partition coefficient (Wildman–Crippen LogP) is 0.872. The highest BCUT2D eigenvalue weighted by atomic mass is 32.2. The predicted molar refractivity (Wildman–Crippen MR) is 69.8 cm³/mol. The Bertz CT molecular complexity index is 387. The summed E-state index contributed by atoms with van der Waals surface area (Å²) in [5, 5.41) is 0. The molecular weight excluding hydrogens is 254 g/mol. The van der Waals surface area contributed by atoms with E-state index in [4.69, 9.17) is 5.73 Å². The minimum atomic E-state index is -3.18. The lowest BCUT2D eigenvalue weighted by molar-refractivity contribution is -0.141. The Labute approximate surface area is 109 Å². The second kappa shape index (κ2) is 6.02. The van der Waals surface area contributed by atoms with Crippen LogP contribution in [0.2, 0.25) is 0 Å². The fourth-order valence-electron chi connectivity index (χ4n) is 2.23. The van der Waals surface area contributed by atoms with Crippen molar-refractivity contribution < 1.29 is 17.9 Å². The van der Waals surface area contributed by atoms with Gasteiger partial charge in [-0.2, -0.15) is 0 Å². The van der Waals surface area contributed by atoms with Crippen molar-refractivity contribution in [2.45, 2.75) is 45.1 Å². The summed E-state index contributed by atoms with van der Waals surface area (Å²) in [5.41, 5.74) is 5.39. The van der Waals surface area contributed by atoms with Gasteiger partial charge in [0.2, 0.25) is 0 Å². The monoisotopic (exact) mass is 277 g/mol. The van der Waals surface area contributed by atoms with Crippen LogP contribution < -0.4 is 5.73 Å². The molecule has 1 fully saturated rings. The molecule has 0 spiro atoms. The van der Waals surface area contributed by atoms with Crippen LogP contribution in [0.1, 0.15) is 39.0 Å². The van der Waals surface area contributed by atoms with E-state index in [1.165, 1.54) is 7.11 Å². The zero-order valence-electron chi connectivity index (χ0n) is 11.1. The van der Waals surface area contributed by atoms with Crippen molar-refractivity contribution in [2.75, 3.05) is 18.6 Å². The first-order valence-electron chi connectivity index (χ1n) is 6.35. The Morgan fingerprint density at radius 3 is 2.50 bits per heavy atom. The second-order valence-electron chi connectivity index (χ2n) is 5.36. The van der Waals surface area contributed by atoms with E-state index >= 15 is 0 Å². The lowest BCUT2D eigenvalue weighted by Crippen LogP contribution is -2.33. The number of esters is 1. The molecule has 1 aliphatic carbocycles. The molecule has 0 radical (unpaired) electrons. The number of carbonyl (C=O) groups excluding carboxylic acids is 1. The summed E-state index contributed by atoms with van der Waals surface area (Å²) in [6.45, 7) is 1.98. The third-order valence-corrected chi connectivity index (χ3v) is 5.35. The number of ether oxygens (including phenoxy) is 1. The molecule has 0 bridgehead atoms. The highest BCUT2D eigenvalue weighted by Crippen LogP contribution is 2.50. The van der Waals surface area contributed by atoms with Crippen LogP contribution in [-0.4, -0.2) is 39.0 Å². The zero-order chi connectivity index (χ0) is 13.8. The molecule has 106 valence electrons. The van der Waals surface area contributed by atoms with E-state index in [-0.39, 0.29) is 35.4 Å². The van der Waals surface area contributed by atoms with E-state index in [0.29, 0.717) is 6.42 Å². The molecule has 1 unspecified atom stereocenters. The number of sulfone groups is 1. The molecule has 0 aromatic rings. The maximum Gasteiger partial charge on any atom is 0.306 e. The molecule has 1 rings (SSSR count). The summed E-state index contributed by atoms with van der Waals surface area (Å²) in [6, 6.07) is -0.297. The fraction of sp³-hybridized carbons (Fsp3) is 0.917. The van der Waals surface area contributed by atoms with Crippen LogP contribution in [0, 0.1) is 5.41 Å². The van der Waals surface area contributed by atoms with E-state index in [1.807, 2.05) is 6.92 Å². The normalized spacial score (nSPS) is 19.3. The Kier molecular flexibility index (Phi) is 5.16. The van der Waals surface area contributed by atoms with Gasteiger partial charge in [0.25, 0.3) is 0 Å². The molecule has 0 saturated heterocycles. The van der Waals surface area contributed by atoms with E-state index < -0.39 is 9.84 Å². The maximum atomic E-state index is 12.0. The molecule has 0 amide bonds. The molecule has 6 heteroatoms. The first-order chi connectivity index (χ1) is 8.32. The molecule has 0 aromatic heterocycles. The smallest absolute Gasteiger partial charge is 0.306 e. The number of hydrogen-bond acceptors (Lipinski definition) is 5. The van der Waals surface area contributed by atoms with Gasteiger partial charge in [0.1, 0.15) is 0 Å². The standard InChI is InChI=1S/C12H23NO4S/c1-3-4-10(13)8-18(15,16)9-12(5-6-12)7-11(14)17-2/h10H,3-9,13H2,1-2H3. The molecular formula is C12H23NO4S. The Morgan fingerprint density at radius 1 is 1.44 bits per heavy atom. The van der Waals surface area contributed by atoms with Crippen molar-refractivity contribution in [2.24, 2.45) is 11.1 Å². The van der Waals surface area contributed by atoms with Gasteiger partial charge in [-0.25, -0.2) is 8.42 Å². The summed E-state index contributed by atoms with van der Waals surface area (Å²) in [4.78, 5) is 11.2. The zero-order valence-corrected chi connectivity index (χ0v) is 12.0. The van der Waals surface area contributed by atoms with E-state index in [9.17, 15) is 13.2 Å². The van der Waals surface area contributed by atoms with Crippen LogP contribution in [0.4, 0.5) is 0 Å². The van der Waals surface area contributed by atoms with E-state index in [0.717, 1.165) is 19.3 Å². The van der Waals surface area contributed by atoms with Crippen LogP contribution in [0.5, 0.6) is 0 Å². The highest BCUT2D eigenvalue weighted by Gasteiger charge is 2.47. The van der Waals surface area contributed by atoms with Crippen LogP contribution in [0.3, 0.4) is 0 Å². The van der Waals surface area contributed by atoms with Gasteiger partial charge < -0.3 is 10.5 Å². The summed E-state index contributed by atoms with van der Waals surface area (Å²) in [7, 11) is -1.86. The van der Waals surface area contributed by atoms with E-state index in [2.05, 4.69) is 4.74 Å². The van der Waals surface area contributed by atoms with Crippen molar-refractivity contribution in [3.05, 3.63) is 0 Å². The lowest BCUT2D eigenvalue weighted by atomic mass is 10.1. The lowest BCUT2D eigenvalue weighted by Gasteiger charge is -2.16. The molecule has 0 heterocycles. The van der Waals surface area contributed by atoms with Gasteiger partial charge in [-0.05, 0) is 24.7 Å². The Morgan fingerprint density at radius 2 is 2.06 bits per heavy atom. The van der Waals surface area contributed by atoms with Crippen LogP contribution in [0.15, 0.2) is 0 Å². The molecule has 2 N–H and O–H groups in total. The van der Waals surface area contributed by atoms with Gasteiger partial charge in [0.05, 0.1) is 25.0 Å². The Hall–Kier alpha value is -0.620. The van der Waals surface area contributed by atoms with Crippen molar-refractivity contribution >= 4 is 15.8 Å². The maximum absolute atomic E-state index is 12.0. The van der Waals surface area contributed by atoms with Gasteiger partial charge in [0.15, 0.2) is 9.84 Å². The molecule has 0 aliphatic heterocycles. The topological polar surface area (TPSA) is 86.5 Å². The SMILES string of the molecule is CCCC(N)CS(=O)(=O)CC1(CC(=O)OC)CC1. The number of hydrogen-bond donors (Lipinski definition) is 1. The second-order valence-corrected chi connectivity index (χ2v) is 7.47. The molecule has 0 aromatic carbocycles. The van der Waals surface area contributed by atoms with Crippen molar-refractivity contribution in [3.8, 4) is 0 Å². The highest BCUT2D eigenvalue weighted by molar-refractivity contribution is 7.91. The van der Waals surface area contributed by atoms with Gasteiger partial charge in [-0.3, -0.25) is 4.79 Å². The summed E-state index contributed by atoms with van der Waals surface area (Å²) in [6.07, 6.45) is 3.35. The molecule has 1 saturated carbocycles. The first kappa shape index (κ1) is 15.4. The van der Waals surface area contributed by atoms with Crippen molar-refractivity contribution in [3.63, 3.8) is 0 Å². The summed E-state index contributed by atoms with van der Waals surface area (Å²) < 4.78 is 28.6. The largest absolute Gasteiger partial charge is 0.469 e. The van der Waals surface area contributed by atoms with Crippen LogP contribution in [-0.2, 0) is 19.4 Å². The average molecular weight is 277 g/mol. The molecule has 18 heavy (non-hydrogen) atoms. The third-order valence-electron chi connectivity index (χ3n) is 3.36. The number of methoxy groups -OCH3 is 1. The van der Waals surface area contributed by atoms with Gasteiger partial charge in [-0.15, -0.1) is 0 Å². The number of rotatable bonds is 8.